The fourth-order valence-electron chi connectivity index (χ4n) is 2.92. The van der Waals surface area contributed by atoms with E-state index in [1.807, 2.05) is 6.92 Å². The van der Waals surface area contributed by atoms with Gasteiger partial charge in [-0.15, -0.1) is 11.3 Å². The number of carbonyl (C=O) groups excluding carboxylic acids is 3. The summed E-state index contributed by atoms with van der Waals surface area (Å²) in [4.78, 5) is 37.7. The van der Waals surface area contributed by atoms with E-state index in [1.165, 1.54) is 18.3 Å². The highest BCUT2D eigenvalue weighted by Gasteiger charge is 2.28. The zero-order valence-corrected chi connectivity index (χ0v) is 16.5. The van der Waals surface area contributed by atoms with E-state index in [0.717, 1.165) is 49.0 Å². The monoisotopic (exact) mass is 381 g/mol. The lowest BCUT2D eigenvalue weighted by Crippen LogP contribution is -2.30. The zero-order valence-electron chi connectivity index (χ0n) is 15.7. The standard InChI is InChI=1S/C19H27NO5S/c1-4-6-11-15(21)25-12(3)17(22)20-18-16(19(23)24-5-2)13-9-7-8-10-14(13)26-18/h12H,4-11H2,1-3H3,(H,20,22). The van der Waals surface area contributed by atoms with Crippen LogP contribution in [0.15, 0.2) is 0 Å². The molecular weight excluding hydrogens is 354 g/mol. The van der Waals surface area contributed by atoms with Crippen LogP contribution < -0.4 is 5.32 Å². The molecule has 0 fully saturated rings. The maximum absolute atomic E-state index is 12.4. The number of aryl methyl sites for hydroxylation is 1. The number of ether oxygens (including phenoxy) is 2. The van der Waals surface area contributed by atoms with Gasteiger partial charge >= 0.3 is 11.9 Å². The second-order valence-electron chi connectivity index (χ2n) is 6.36. The quantitative estimate of drug-likeness (QED) is 0.692. The molecule has 1 amide bonds. The van der Waals surface area contributed by atoms with Crippen LogP contribution in [0.25, 0.3) is 0 Å². The van der Waals surface area contributed by atoms with Crippen LogP contribution in [0, 0.1) is 0 Å². The number of unbranched alkanes of at least 4 members (excludes halogenated alkanes) is 1. The largest absolute Gasteiger partial charge is 0.462 e. The predicted octanol–water partition coefficient (Wildman–Crippen LogP) is 3.86. The second kappa shape index (κ2) is 9.71. The van der Waals surface area contributed by atoms with Gasteiger partial charge in [0.2, 0.25) is 0 Å². The van der Waals surface area contributed by atoms with Crippen LogP contribution >= 0.6 is 11.3 Å². The maximum Gasteiger partial charge on any atom is 0.341 e. The Morgan fingerprint density at radius 3 is 2.62 bits per heavy atom. The van der Waals surface area contributed by atoms with Gasteiger partial charge in [0.05, 0.1) is 12.2 Å². The number of carbonyl (C=O) groups is 3. The van der Waals surface area contributed by atoms with Crippen LogP contribution in [0.2, 0.25) is 0 Å². The molecule has 144 valence electrons. The van der Waals surface area contributed by atoms with Crippen molar-refractivity contribution in [3.63, 3.8) is 0 Å². The topological polar surface area (TPSA) is 81.7 Å². The molecule has 1 aromatic rings. The van der Waals surface area contributed by atoms with Gasteiger partial charge < -0.3 is 14.8 Å². The molecule has 0 aromatic carbocycles. The van der Waals surface area contributed by atoms with Crippen LogP contribution in [0.5, 0.6) is 0 Å². The van der Waals surface area contributed by atoms with E-state index >= 15 is 0 Å². The summed E-state index contributed by atoms with van der Waals surface area (Å²) in [6, 6.07) is 0. The Labute approximate surface area is 158 Å². The molecule has 1 aliphatic carbocycles. The number of nitrogens with one attached hydrogen (secondary N) is 1. The van der Waals surface area contributed by atoms with E-state index in [4.69, 9.17) is 9.47 Å². The van der Waals surface area contributed by atoms with E-state index < -0.39 is 18.0 Å². The minimum Gasteiger partial charge on any atom is -0.462 e. The predicted molar refractivity (Wildman–Crippen MR) is 101 cm³/mol. The summed E-state index contributed by atoms with van der Waals surface area (Å²) in [5.74, 6) is -1.22. The molecule has 0 aliphatic heterocycles. The Balaban J connectivity index is 2.12. The highest BCUT2D eigenvalue weighted by atomic mass is 32.1. The number of hydrogen-bond acceptors (Lipinski definition) is 6. The molecule has 0 radical (unpaired) electrons. The molecule has 1 heterocycles. The number of thiophene rings is 1. The summed E-state index contributed by atoms with van der Waals surface area (Å²) in [5, 5.41) is 3.27. The molecule has 2 rings (SSSR count). The SMILES string of the molecule is CCCCC(=O)OC(C)C(=O)Nc1sc2c(c1C(=O)OCC)CCCC2. The molecule has 26 heavy (non-hydrogen) atoms. The maximum atomic E-state index is 12.4. The Kier molecular flexibility index (Phi) is 7.63. The summed E-state index contributed by atoms with van der Waals surface area (Å²) < 4.78 is 10.3. The normalized spacial score (nSPS) is 14.3. The van der Waals surface area contributed by atoms with E-state index in [-0.39, 0.29) is 12.6 Å². The average molecular weight is 381 g/mol. The number of hydrogen-bond donors (Lipinski definition) is 1. The molecule has 1 aliphatic rings. The van der Waals surface area contributed by atoms with Crippen LogP contribution in [0.1, 0.15) is 73.7 Å². The first-order valence-corrected chi connectivity index (χ1v) is 10.1. The summed E-state index contributed by atoms with van der Waals surface area (Å²) >= 11 is 1.42. The van der Waals surface area contributed by atoms with E-state index in [2.05, 4.69) is 5.32 Å². The Hall–Kier alpha value is -1.89. The van der Waals surface area contributed by atoms with Crippen LogP contribution in [-0.2, 0) is 31.9 Å². The van der Waals surface area contributed by atoms with Gasteiger partial charge in [0.1, 0.15) is 5.00 Å². The van der Waals surface area contributed by atoms with E-state index in [1.54, 1.807) is 6.92 Å². The van der Waals surface area contributed by atoms with Crippen molar-refractivity contribution in [2.24, 2.45) is 0 Å². The van der Waals surface area contributed by atoms with Crippen molar-refractivity contribution in [3.8, 4) is 0 Å². The number of fused-ring (bicyclic) bond motifs is 1. The molecular formula is C19H27NO5S. The average Bonchev–Trinajstić information content (AvgIpc) is 2.97. The number of esters is 2. The second-order valence-corrected chi connectivity index (χ2v) is 7.47. The van der Waals surface area contributed by atoms with Gasteiger partial charge in [0, 0.05) is 11.3 Å². The van der Waals surface area contributed by atoms with Crippen molar-refractivity contribution < 1.29 is 23.9 Å². The fraction of sp³-hybridized carbons (Fsp3) is 0.632. The van der Waals surface area contributed by atoms with Gasteiger partial charge in [-0.05, 0) is 51.5 Å². The third-order valence-corrected chi connectivity index (χ3v) is 5.51. The van der Waals surface area contributed by atoms with Gasteiger partial charge in [0.15, 0.2) is 6.10 Å². The smallest absolute Gasteiger partial charge is 0.341 e. The van der Waals surface area contributed by atoms with Gasteiger partial charge in [0.25, 0.3) is 5.91 Å². The van der Waals surface area contributed by atoms with Gasteiger partial charge in [-0.25, -0.2) is 4.79 Å². The molecule has 0 saturated carbocycles. The zero-order chi connectivity index (χ0) is 19.1. The summed E-state index contributed by atoms with van der Waals surface area (Å²) in [7, 11) is 0. The molecule has 0 saturated heterocycles. The molecule has 7 heteroatoms. The van der Waals surface area contributed by atoms with Crippen molar-refractivity contribution in [2.45, 2.75) is 71.8 Å². The fourth-order valence-corrected chi connectivity index (χ4v) is 4.20. The minimum absolute atomic E-state index is 0.280. The molecule has 1 unspecified atom stereocenters. The lowest BCUT2D eigenvalue weighted by atomic mass is 9.95. The molecule has 1 N–H and O–H groups in total. The van der Waals surface area contributed by atoms with Crippen molar-refractivity contribution in [1.29, 1.82) is 0 Å². The first-order chi connectivity index (χ1) is 12.5. The lowest BCUT2D eigenvalue weighted by Gasteiger charge is -2.14. The summed E-state index contributed by atoms with van der Waals surface area (Å²) in [6.07, 6.45) is 4.84. The molecule has 6 nitrogen and oxygen atoms in total. The van der Waals surface area contributed by atoms with E-state index in [0.29, 0.717) is 17.0 Å². The van der Waals surface area contributed by atoms with Crippen LogP contribution in [0.4, 0.5) is 5.00 Å². The Bertz CT molecular complexity index is 667. The van der Waals surface area contributed by atoms with E-state index in [9.17, 15) is 14.4 Å². The highest BCUT2D eigenvalue weighted by molar-refractivity contribution is 7.17. The first kappa shape index (κ1) is 20.4. The van der Waals surface area contributed by atoms with Gasteiger partial charge in [-0.3, -0.25) is 9.59 Å². The van der Waals surface area contributed by atoms with Crippen LogP contribution in [0.3, 0.4) is 0 Å². The van der Waals surface area contributed by atoms with Crippen molar-refractivity contribution in [2.75, 3.05) is 11.9 Å². The molecule has 0 spiro atoms. The number of amides is 1. The van der Waals surface area contributed by atoms with Gasteiger partial charge in [-0.1, -0.05) is 13.3 Å². The summed E-state index contributed by atoms with van der Waals surface area (Å²) in [5.41, 5.74) is 1.45. The Morgan fingerprint density at radius 1 is 1.19 bits per heavy atom. The Morgan fingerprint density at radius 2 is 1.92 bits per heavy atom. The first-order valence-electron chi connectivity index (χ1n) is 9.29. The number of anilines is 1. The highest BCUT2D eigenvalue weighted by Crippen LogP contribution is 2.38. The van der Waals surface area contributed by atoms with Gasteiger partial charge in [-0.2, -0.15) is 0 Å². The lowest BCUT2D eigenvalue weighted by molar-refractivity contribution is -0.153. The number of rotatable bonds is 8. The minimum atomic E-state index is -0.909. The van der Waals surface area contributed by atoms with Crippen molar-refractivity contribution >= 4 is 34.2 Å². The third kappa shape index (κ3) is 5.06. The van der Waals surface area contributed by atoms with Crippen LogP contribution in [-0.4, -0.2) is 30.6 Å². The summed E-state index contributed by atoms with van der Waals surface area (Å²) in [6.45, 7) is 5.56. The third-order valence-electron chi connectivity index (χ3n) is 4.30. The van der Waals surface area contributed by atoms with Crippen molar-refractivity contribution in [3.05, 3.63) is 16.0 Å². The van der Waals surface area contributed by atoms with Crippen molar-refractivity contribution in [1.82, 2.24) is 0 Å². The molecule has 1 atom stereocenters. The molecule has 1 aromatic heterocycles. The molecule has 0 bridgehead atoms.